The van der Waals surface area contributed by atoms with Gasteiger partial charge in [0, 0.05) is 44.2 Å². The summed E-state index contributed by atoms with van der Waals surface area (Å²) in [6.45, 7) is 1.91. The number of fused-ring (bicyclic) bond motifs is 1. The van der Waals surface area contributed by atoms with Gasteiger partial charge in [0.15, 0.2) is 0 Å². The molecule has 2 atom stereocenters. The van der Waals surface area contributed by atoms with Crippen molar-refractivity contribution in [1.82, 2.24) is 14.9 Å². The number of carbonyl (C=O) groups is 1. The summed E-state index contributed by atoms with van der Waals surface area (Å²) in [7, 11) is 1.62. The van der Waals surface area contributed by atoms with Crippen molar-refractivity contribution < 1.29 is 23.7 Å². The van der Waals surface area contributed by atoms with Gasteiger partial charge in [0.25, 0.3) is 0 Å². The quantitative estimate of drug-likeness (QED) is 0.728. The Kier molecular flexibility index (Phi) is 6.21. The summed E-state index contributed by atoms with van der Waals surface area (Å²) < 4.78 is 23.2. The fourth-order valence-electron chi connectivity index (χ4n) is 3.56. The second-order valence-electron chi connectivity index (χ2n) is 7.16. The molecule has 8 nitrogen and oxygen atoms in total. The monoisotopic (exact) mass is 399 g/mol. The van der Waals surface area contributed by atoms with Crippen molar-refractivity contribution in [1.29, 1.82) is 0 Å². The lowest BCUT2D eigenvalue weighted by Crippen LogP contribution is -2.33. The van der Waals surface area contributed by atoms with Crippen LogP contribution in [-0.4, -0.2) is 72.5 Å². The molecule has 0 bridgehead atoms. The summed E-state index contributed by atoms with van der Waals surface area (Å²) in [5, 5.41) is 0. The van der Waals surface area contributed by atoms with Crippen molar-refractivity contribution in [2.45, 2.75) is 31.2 Å². The van der Waals surface area contributed by atoms with Crippen LogP contribution in [0.3, 0.4) is 0 Å². The number of methoxy groups -OCH3 is 1. The van der Waals surface area contributed by atoms with Crippen LogP contribution >= 0.6 is 0 Å². The van der Waals surface area contributed by atoms with Gasteiger partial charge in [0.1, 0.15) is 29.8 Å². The van der Waals surface area contributed by atoms with Crippen molar-refractivity contribution in [3.63, 3.8) is 0 Å². The number of hydrogen-bond donors (Lipinski definition) is 0. The third kappa shape index (κ3) is 5.02. The first kappa shape index (κ1) is 19.6. The Balaban J connectivity index is 1.26. The minimum absolute atomic E-state index is 0.0834. The van der Waals surface area contributed by atoms with E-state index in [2.05, 4.69) is 9.97 Å². The first-order valence-corrected chi connectivity index (χ1v) is 9.78. The van der Waals surface area contributed by atoms with Crippen LogP contribution in [0.1, 0.15) is 12.1 Å². The van der Waals surface area contributed by atoms with Gasteiger partial charge in [-0.2, -0.15) is 0 Å². The second kappa shape index (κ2) is 9.19. The Hall–Kier alpha value is -2.71. The molecule has 154 valence electrons. The standard InChI is InChI=1S/C21H25N3O5/c1-26-16-3-2-4-17(9-16)29-18-13-27-19-11-24(12-20(19)28-14-18)21(25)6-5-15-10-22-7-8-23-15/h2-4,7-10,18-20H,5-6,11-14H2,1H3/t19-,20-/m0/s1. The topological polar surface area (TPSA) is 83.0 Å². The zero-order valence-electron chi connectivity index (χ0n) is 16.4. The molecule has 2 saturated heterocycles. The molecule has 0 spiro atoms. The van der Waals surface area contributed by atoms with Crippen molar-refractivity contribution >= 4 is 5.91 Å². The molecule has 2 aliphatic heterocycles. The van der Waals surface area contributed by atoms with E-state index in [1.165, 1.54) is 0 Å². The lowest BCUT2D eigenvalue weighted by Gasteiger charge is -2.20. The Morgan fingerprint density at radius 1 is 1.17 bits per heavy atom. The molecule has 3 heterocycles. The summed E-state index contributed by atoms with van der Waals surface area (Å²) in [6, 6.07) is 7.47. The fraction of sp³-hybridized carbons (Fsp3) is 0.476. The first-order valence-electron chi connectivity index (χ1n) is 9.78. The third-order valence-electron chi connectivity index (χ3n) is 5.12. The maximum atomic E-state index is 12.5. The number of rotatable bonds is 6. The predicted octanol–water partition coefficient (Wildman–Crippen LogP) is 1.49. The highest BCUT2D eigenvalue weighted by atomic mass is 16.6. The van der Waals surface area contributed by atoms with Crippen LogP contribution < -0.4 is 9.47 Å². The molecule has 2 aliphatic rings. The van der Waals surface area contributed by atoms with Gasteiger partial charge < -0.3 is 23.8 Å². The molecule has 0 N–H and O–H groups in total. The highest BCUT2D eigenvalue weighted by Gasteiger charge is 2.39. The molecule has 1 aromatic heterocycles. The van der Waals surface area contributed by atoms with E-state index in [9.17, 15) is 4.79 Å². The maximum Gasteiger partial charge on any atom is 0.223 e. The molecule has 1 amide bonds. The summed E-state index contributed by atoms with van der Waals surface area (Å²) in [6.07, 6.45) is 5.47. The van der Waals surface area contributed by atoms with Crippen LogP contribution in [-0.2, 0) is 20.7 Å². The highest BCUT2D eigenvalue weighted by molar-refractivity contribution is 5.76. The molecule has 2 aromatic rings. The van der Waals surface area contributed by atoms with Crippen molar-refractivity contribution in [3.8, 4) is 11.5 Å². The van der Waals surface area contributed by atoms with Crippen LogP contribution in [0.4, 0.5) is 0 Å². The number of aryl methyl sites for hydroxylation is 1. The van der Waals surface area contributed by atoms with Crippen LogP contribution in [0.2, 0.25) is 0 Å². The molecule has 2 fully saturated rings. The molecule has 0 unspecified atom stereocenters. The van der Waals surface area contributed by atoms with E-state index in [-0.39, 0.29) is 24.2 Å². The lowest BCUT2D eigenvalue weighted by molar-refractivity contribution is -0.131. The Labute approximate surface area is 169 Å². The number of aromatic nitrogens is 2. The number of benzene rings is 1. The van der Waals surface area contributed by atoms with Crippen molar-refractivity contribution in [2.24, 2.45) is 0 Å². The predicted molar refractivity (Wildman–Crippen MR) is 104 cm³/mol. The number of carbonyl (C=O) groups excluding carboxylic acids is 1. The Morgan fingerprint density at radius 2 is 1.93 bits per heavy atom. The van der Waals surface area contributed by atoms with Crippen molar-refractivity contribution in [3.05, 3.63) is 48.5 Å². The van der Waals surface area contributed by atoms with Gasteiger partial charge in [-0.15, -0.1) is 0 Å². The third-order valence-corrected chi connectivity index (χ3v) is 5.12. The number of nitrogens with zero attached hydrogens (tertiary/aromatic N) is 3. The summed E-state index contributed by atoms with van der Waals surface area (Å²) in [5.74, 6) is 1.54. The molecule has 1 aromatic carbocycles. The summed E-state index contributed by atoms with van der Waals surface area (Å²) in [4.78, 5) is 22.6. The van der Waals surface area contributed by atoms with Crippen LogP contribution in [0.25, 0.3) is 0 Å². The zero-order chi connectivity index (χ0) is 20.1. The molecular weight excluding hydrogens is 374 g/mol. The zero-order valence-corrected chi connectivity index (χ0v) is 16.4. The number of amides is 1. The molecule has 29 heavy (non-hydrogen) atoms. The van der Waals surface area contributed by atoms with E-state index in [1.54, 1.807) is 25.7 Å². The average molecular weight is 399 g/mol. The number of likely N-dealkylation sites (tertiary alicyclic amines) is 1. The summed E-state index contributed by atoms with van der Waals surface area (Å²) >= 11 is 0. The SMILES string of the molecule is COc1cccc(OC2CO[C@H]3CN(C(=O)CCc4cnccn4)C[C@@H]3OC2)c1. The molecule has 0 radical (unpaired) electrons. The minimum atomic E-state index is -0.200. The highest BCUT2D eigenvalue weighted by Crippen LogP contribution is 2.24. The largest absolute Gasteiger partial charge is 0.497 e. The smallest absolute Gasteiger partial charge is 0.223 e. The van der Waals surface area contributed by atoms with E-state index in [0.29, 0.717) is 39.1 Å². The van der Waals surface area contributed by atoms with E-state index < -0.39 is 0 Å². The van der Waals surface area contributed by atoms with Gasteiger partial charge in [-0.3, -0.25) is 14.8 Å². The summed E-state index contributed by atoms with van der Waals surface area (Å²) in [5.41, 5.74) is 0.819. The van der Waals surface area contributed by atoms with Gasteiger partial charge in [-0.05, 0) is 18.6 Å². The first-order chi connectivity index (χ1) is 14.2. The molecule has 8 heteroatoms. The van der Waals surface area contributed by atoms with Crippen LogP contribution in [0.5, 0.6) is 11.5 Å². The molecule has 4 rings (SSSR count). The maximum absolute atomic E-state index is 12.5. The van der Waals surface area contributed by atoms with Crippen LogP contribution in [0.15, 0.2) is 42.9 Å². The van der Waals surface area contributed by atoms with E-state index in [1.807, 2.05) is 29.2 Å². The lowest BCUT2D eigenvalue weighted by atomic mass is 10.2. The Bertz CT molecular complexity index is 803. The average Bonchev–Trinajstić information content (AvgIpc) is 3.09. The van der Waals surface area contributed by atoms with Gasteiger partial charge in [-0.1, -0.05) is 6.07 Å². The van der Waals surface area contributed by atoms with Gasteiger partial charge in [-0.25, -0.2) is 0 Å². The normalized spacial score (nSPS) is 22.0. The number of hydrogen-bond acceptors (Lipinski definition) is 7. The van der Waals surface area contributed by atoms with E-state index >= 15 is 0 Å². The van der Waals surface area contributed by atoms with Gasteiger partial charge in [0.2, 0.25) is 5.91 Å². The van der Waals surface area contributed by atoms with E-state index in [0.717, 1.165) is 17.2 Å². The van der Waals surface area contributed by atoms with Crippen LogP contribution in [0, 0.1) is 0 Å². The van der Waals surface area contributed by atoms with Gasteiger partial charge in [0.05, 0.1) is 26.0 Å². The molecule has 0 aliphatic carbocycles. The molecule has 0 saturated carbocycles. The molecular formula is C21H25N3O5. The van der Waals surface area contributed by atoms with E-state index in [4.69, 9.17) is 18.9 Å². The van der Waals surface area contributed by atoms with Crippen molar-refractivity contribution in [2.75, 3.05) is 33.4 Å². The minimum Gasteiger partial charge on any atom is -0.497 e. The second-order valence-corrected chi connectivity index (χ2v) is 7.16. The Morgan fingerprint density at radius 3 is 2.62 bits per heavy atom. The number of ether oxygens (including phenoxy) is 4. The fourth-order valence-corrected chi connectivity index (χ4v) is 3.56. The van der Waals surface area contributed by atoms with Gasteiger partial charge >= 0.3 is 0 Å².